The minimum atomic E-state index is 0.577. The number of hydrogen-bond donors (Lipinski definition) is 1. The lowest BCUT2D eigenvalue weighted by molar-refractivity contribution is 0.417. The molecule has 1 N–H and O–H groups in total. The van der Waals surface area contributed by atoms with Crippen LogP contribution in [0.5, 0.6) is 5.75 Å². The normalized spacial score (nSPS) is 15.9. The minimum Gasteiger partial charge on any atom is -0.496 e. The Morgan fingerprint density at radius 2 is 2.04 bits per heavy atom. The fourth-order valence-electron chi connectivity index (χ4n) is 3.79. The van der Waals surface area contributed by atoms with Gasteiger partial charge in [0.2, 0.25) is 0 Å². The third kappa shape index (κ3) is 2.59. The summed E-state index contributed by atoms with van der Waals surface area (Å²) in [6.45, 7) is 2.17. The summed E-state index contributed by atoms with van der Waals surface area (Å²) in [4.78, 5) is 7.10. The second-order valence-electron chi connectivity index (χ2n) is 6.89. The zero-order chi connectivity index (χ0) is 17.7. The number of ether oxygens (including phenoxy) is 1. The van der Waals surface area contributed by atoms with Gasteiger partial charge in [-0.25, -0.2) is 4.98 Å². The van der Waals surface area contributed by atoms with Crippen LogP contribution in [-0.4, -0.2) is 39.4 Å². The minimum absolute atomic E-state index is 0.577. The Kier molecular flexibility index (Phi) is 3.72. The van der Waals surface area contributed by atoms with Gasteiger partial charge in [-0.15, -0.1) is 0 Å². The highest BCUT2D eigenvalue weighted by Gasteiger charge is 2.20. The van der Waals surface area contributed by atoms with E-state index in [1.807, 2.05) is 24.0 Å². The number of thiazole rings is 1. The fourth-order valence-corrected chi connectivity index (χ4v) is 4.78. The third-order valence-corrected chi connectivity index (χ3v) is 6.17. The van der Waals surface area contributed by atoms with Gasteiger partial charge in [-0.2, -0.15) is 5.10 Å². The second kappa shape index (κ2) is 6.10. The lowest BCUT2D eigenvalue weighted by atomic mass is 9.95. The number of piperidine rings is 1. The van der Waals surface area contributed by atoms with Gasteiger partial charge in [-0.05, 0) is 32.0 Å². The molecule has 1 fully saturated rings. The van der Waals surface area contributed by atoms with Gasteiger partial charge in [0, 0.05) is 48.6 Å². The van der Waals surface area contributed by atoms with Crippen LogP contribution < -0.4 is 10.1 Å². The Hall–Kier alpha value is -2.38. The summed E-state index contributed by atoms with van der Waals surface area (Å²) in [5.74, 6) is 1.42. The summed E-state index contributed by atoms with van der Waals surface area (Å²) < 4.78 is 9.62. The number of fused-ring (bicyclic) bond motifs is 2. The average molecular weight is 367 g/mol. The molecule has 6 nitrogen and oxygen atoms in total. The molecule has 4 aromatic rings. The summed E-state index contributed by atoms with van der Waals surface area (Å²) in [5, 5.41) is 9.00. The third-order valence-electron chi connectivity index (χ3n) is 5.14. The average Bonchev–Trinajstić information content (AvgIpc) is 3.32. The molecule has 0 radical (unpaired) electrons. The van der Waals surface area contributed by atoms with Crippen LogP contribution in [-0.2, 0) is 7.05 Å². The zero-order valence-electron chi connectivity index (χ0n) is 14.9. The SMILES string of the molecule is COc1cc2nn(C)cc2cc1-c1cn2cc(C3CCNCC3)nc2s1. The lowest BCUT2D eigenvalue weighted by Crippen LogP contribution is -2.26. The topological polar surface area (TPSA) is 56.4 Å². The van der Waals surface area contributed by atoms with Crippen molar-refractivity contribution in [3.8, 4) is 16.2 Å². The predicted octanol–water partition coefficient (Wildman–Crippen LogP) is 3.43. The highest BCUT2D eigenvalue weighted by atomic mass is 32.1. The van der Waals surface area contributed by atoms with E-state index < -0.39 is 0 Å². The molecule has 1 saturated heterocycles. The van der Waals surface area contributed by atoms with E-state index in [4.69, 9.17) is 9.72 Å². The predicted molar refractivity (Wildman–Crippen MR) is 104 cm³/mol. The number of benzene rings is 1. The molecule has 134 valence electrons. The number of hydrogen-bond acceptors (Lipinski definition) is 5. The van der Waals surface area contributed by atoms with Crippen molar-refractivity contribution in [2.45, 2.75) is 18.8 Å². The molecular weight excluding hydrogens is 346 g/mol. The van der Waals surface area contributed by atoms with Gasteiger partial charge in [-0.3, -0.25) is 9.08 Å². The number of aromatic nitrogens is 4. The molecular formula is C19H21N5OS. The molecule has 1 aromatic carbocycles. The van der Waals surface area contributed by atoms with Crippen molar-refractivity contribution in [3.05, 3.63) is 36.4 Å². The molecule has 26 heavy (non-hydrogen) atoms. The molecule has 4 heterocycles. The zero-order valence-corrected chi connectivity index (χ0v) is 15.7. The molecule has 1 aliphatic rings. The van der Waals surface area contributed by atoms with Gasteiger partial charge in [0.1, 0.15) is 5.75 Å². The number of methoxy groups -OCH3 is 1. The van der Waals surface area contributed by atoms with E-state index in [0.29, 0.717) is 5.92 Å². The summed E-state index contributed by atoms with van der Waals surface area (Å²) in [5.41, 5.74) is 3.26. The Bertz CT molecular complexity index is 1050. The van der Waals surface area contributed by atoms with E-state index in [9.17, 15) is 0 Å². The van der Waals surface area contributed by atoms with E-state index in [0.717, 1.165) is 45.1 Å². The number of nitrogens with one attached hydrogen (secondary N) is 1. The molecule has 0 spiro atoms. The molecule has 0 aliphatic carbocycles. The highest BCUT2D eigenvalue weighted by Crippen LogP contribution is 2.38. The van der Waals surface area contributed by atoms with E-state index in [1.54, 1.807) is 18.4 Å². The van der Waals surface area contributed by atoms with Gasteiger partial charge in [-0.1, -0.05) is 11.3 Å². The van der Waals surface area contributed by atoms with Crippen molar-refractivity contribution in [2.24, 2.45) is 7.05 Å². The van der Waals surface area contributed by atoms with E-state index >= 15 is 0 Å². The molecule has 0 unspecified atom stereocenters. The number of nitrogens with zero attached hydrogens (tertiary/aromatic N) is 4. The van der Waals surface area contributed by atoms with Gasteiger partial charge in [0.25, 0.3) is 0 Å². The van der Waals surface area contributed by atoms with Gasteiger partial charge >= 0.3 is 0 Å². The number of imidazole rings is 1. The van der Waals surface area contributed by atoms with E-state index in [2.05, 4.69) is 33.3 Å². The van der Waals surface area contributed by atoms with Crippen LogP contribution in [0.1, 0.15) is 24.5 Å². The molecule has 0 atom stereocenters. The summed E-state index contributed by atoms with van der Waals surface area (Å²) in [7, 11) is 3.65. The maximum Gasteiger partial charge on any atom is 0.194 e. The maximum atomic E-state index is 5.63. The van der Waals surface area contributed by atoms with Crippen LogP contribution in [0, 0.1) is 0 Å². The number of aryl methyl sites for hydroxylation is 1. The Morgan fingerprint density at radius 3 is 2.81 bits per heavy atom. The maximum absolute atomic E-state index is 5.63. The summed E-state index contributed by atoms with van der Waals surface area (Å²) in [6.07, 6.45) is 8.73. The molecule has 1 aliphatic heterocycles. The first-order valence-corrected chi connectivity index (χ1v) is 9.74. The first-order valence-electron chi connectivity index (χ1n) is 8.92. The van der Waals surface area contributed by atoms with E-state index in [-0.39, 0.29) is 0 Å². The van der Waals surface area contributed by atoms with Crippen LogP contribution in [0.3, 0.4) is 0 Å². The van der Waals surface area contributed by atoms with E-state index in [1.165, 1.54) is 18.5 Å². The fraction of sp³-hybridized carbons (Fsp3) is 0.368. The van der Waals surface area contributed by atoms with Crippen molar-refractivity contribution < 1.29 is 4.74 Å². The molecule has 0 bridgehead atoms. The summed E-state index contributed by atoms with van der Waals surface area (Å²) >= 11 is 1.71. The van der Waals surface area contributed by atoms with Crippen LogP contribution in [0.25, 0.3) is 26.3 Å². The van der Waals surface area contributed by atoms with Crippen molar-refractivity contribution in [1.29, 1.82) is 0 Å². The largest absolute Gasteiger partial charge is 0.496 e. The van der Waals surface area contributed by atoms with Crippen molar-refractivity contribution in [2.75, 3.05) is 20.2 Å². The van der Waals surface area contributed by atoms with Crippen molar-refractivity contribution >= 4 is 27.2 Å². The van der Waals surface area contributed by atoms with Crippen LogP contribution in [0.4, 0.5) is 0 Å². The summed E-state index contributed by atoms with van der Waals surface area (Å²) in [6, 6.07) is 4.16. The van der Waals surface area contributed by atoms with Crippen LogP contribution in [0.15, 0.2) is 30.7 Å². The van der Waals surface area contributed by atoms with Crippen molar-refractivity contribution in [1.82, 2.24) is 24.5 Å². The number of rotatable bonds is 3. The lowest BCUT2D eigenvalue weighted by Gasteiger charge is -2.20. The highest BCUT2D eigenvalue weighted by molar-refractivity contribution is 7.20. The quantitative estimate of drug-likeness (QED) is 0.603. The van der Waals surface area contributed by atoms with Gasteiger partial charge in [0.15, 0.2) is 4.96 Å². The first-order chi connectivity index (χ1) is 12.7. The Morgan fingerprint density at radius 1 is 1.19 bits per heavy atom. The molecule has 5 rings (SSSR count). The van der Waals surface area contributed by atoms with Crippen LogP contribution in [0.2, 0.25) is 0 Å². The molecule has 0 amide bonds. The Labute approximate surface area is 155 Å². The molecule has 0 saturated carbocycles. The Balaban J connectivity index is 1.56. The smallest absolute Gasteiger partial charge is 0.194 e. The molecule has 3 aromatic heterocycles. The van der Waals surface area contributed by atoms with Gasteiger partial charge in [0.05, 0.1) is 23.2 Å². The van der Waals surface area contributed by atoms with Crippen LogP contribution >= 0.6 is 11.3 Å². The van der Waals surface area contributed by atoms with Gasteiger partial charge < -0.3 is 10.1 Å². The monoisotopic (exact) mass is 367 g/mol. The van der Waals surface area contributed by atoms with Crippen molar-refractivity contribution in [3.63, 3.8) is 0 Å². The molecule has 7 heteroatoms. The standard InChI is InChI=1S/C19H21N5OS/c1-23-9-13-7-14(17(25-2)8-15(13)22-23)18-11-24-10-16(21-19(24)26-18)12-3-5-20-6-4-12/h7-12,20H,3-6H2,1-2H3. The second-order valence-corrected chi connectivity index (χ2v) is 7.90. The first kappa shape index (κ1) is 15.8.